The molecule has 31 heavy (non-hydrogen) atoms. The second-order valence-corrected chi connectivity index (χ2v) is 7.50. The van der Waals surface area contributed by atoms with Gasteiger partial charge in [0.1, 0.15) is 0 Å². The molecule has 1 saturated carbocycles. The molecule has 0 radical (unpaired) electrons. The zero-order valence-electron chi connectivity index (χ0n) is 17.2. The maximum Gasteiger partial charge on any atom is 0.255 e. The molecule has 0 spiro atoms. The molecule has 3 unspecified atom stereocenters. The van der Waals surface area contributed by atoms with Gasteiger partial charge in [0.15, 0.2) is 0 Å². The standard InChI is InChI=1S/C22H26N4O5/c1-31-11-9-24-21(29)15-12-17(20(23)28)18(13-15)25-22(30)14-5-7-16(8-6-14)26-10-3-2-4-19(26)27/h2-8,10,15,17-18H,9,11-13H2,1H3,(H2,23,28)(H,24,29)(H,25,30). The molecule has 3 amide bonds. The average Bonchev–Trinajstić information content (AvgIpc) is 3.18. The third-order valence-electron chi connectivity index (χ3n) is 5.45. The maximum absolute atomic E-state index is 12.7. The molecule has 9 nitrogen and oxygen atoms in total. The largest absolute Gasteiger partial charge is 0.383 e. The van der Waals surface area contributed by atoms with E-state index in [-0.39, 0.29) is 23.8 Å². The molecule has 3 atom stereocenters. The van der Waals surface area contributed by atoms with Gasteiger partial charge in [0.2, 0.25) is 11.8 Å². The highest BCUT2D eigenvalue weighted by molar-refractivity contribution is 5.95. The highest BCUT2D eigenvalue weighted by atomic mass is 16.5. The van der Waals surface area contributed by atoms with Crippen LogP contribution in [0.4, 0.5) is 0 Å². The van der Waals surface area contributed by atoms with E-state index in [0.717, 1.165) is 0 Å². The normalized spacial score (nSPS) is 20.2. The first-order chi connectivity index (χ1) is 14.9. The fourth-order valence-electron chi connectivity index (χ4n) is 3.81. The first-order valence-corrected chi connectivity index (χ1v) is 10.1. The van der Waals surface area contributed by atoms with E-state index in [4.69, 9.17) is 10.5 Å². The van der Waals surface area contributed by atoms with Crippen molar-refractivity contribution in [3.63, 3.8) is 0 Å². The lowest BCUT2D eigenvalue weighted by molar-refractivity contribution is -0.125. The number of benzene rings is 1. The van der Waals surface area contributed by atoms with Gasteiger partial charge in [0.25, 0.3) is 11.5 Å². The molecule has 1 aromatic carbocycles. The Labute approximate surface area is 179 Å². The predicted octanol–water partition coefficient (Wildman–Crippen LogP) is 0.210. The van der Waals surface area contributed by atoms with Crippen LogP contribution in [0, 0.1) is 11.8 Å². The van der Waals surface area contributed by atoms with Gasteiger partial charge in [-0.15, -0.1) is 0 Å². The Morgan fingerprint density at radius 1 is 1.13 bits per heavy atom. The van der Waals surface area contributed by atoms with E-state index in [2.05, 4.69) is 10.6 Å². The van der Waals surface area contributed by atoms with Crippen molar-refractivity contribution in [2.24, 2.45) is 17.6 Å². The zero-order valence-corrected chi connectivity index (χ0v) is 17.2. The number of rotatable bonds is 8. The van der Waals surface area contributed by atoms with Crippen molar-refractivity contribution < 1.29 is 19.1 Å². The molecule has 0 aliphatic heterocycles. The molecule has 1 aromatic heterocycles. The summed E-state index contributed by atoms with van der Waals surface area (Å²) in [4.78, 5) is 48.9. The quantitative estimate of drug-likeness (QED) is 0.519. The lowest BCUT2D eigenvalue weighted by Gasteiger charge is -2.18. The van der Waals surface area contributed by atoms with Crippen LogP contribution >= 0.6 is 0 Å². The second-order valence-electron chi connectivity index (χ2n) is 7.50. The van der Waals surface area contributed by atoms with Crippen LogP contribution in [-0.4, -0.2) is 48.6 Å². The Hall–Kier alpha value is -3.46. The van der Waals surface area contributed by atoms with Crippen molar-refractivity contribution in [3.05, 3.63) is 64.6 Å². The zero-order chi connectivity index (χ0) is 22.4. The van der Waals surface area contributed by atoms with Gasteiger partial charge in [0.05, 0.1) is 12.5 Å². The first kappa shape index (κ1) is 22.2. The smallest absolute Gasteiger partial charge is 0.255 e. The van der Waals surface area contributed by atoms with Gasteiger partial charge in [-0.1, -0.05) is 6.07 Å². The molecular formula is C22H26N4O5. The minimum atomic E-state index is -0.621. The summed E-state index contributed by atoms with van der Waals surface area (Å²) in [6, 6.07) is 10.9. The van der Waals surface area contributed by atoms with Crippen LogP contribution in [-0.2, 0) is 14.3 Å². The van der Waals surface area contributed by atoms with E-state index in [1.54, 1.807) is 49.7 Å². The van der Waals surface area contributed by atoms with E-state index in [0.29, 0.717) is 30.8 Å². The molecule has 2 aromatic rings. The van der Waals surface area contributed by atoms with Gasteiger partial charge in [-0.2, -0.15) is 0 Å². The van der Waals surface area contributed by atoms with E-state index >= 15 is 0 Å². The summed E-state index contributed by atoms with van der Waals surface area (Å²) in [7, 11) is 1.54. The highest BCUT2D eigenvalue weighted by Gasteiger charge is 2.41. The van der Waals surface area contributed by atoms with Gasteiger partial charge in [-0.3, -0.25) is 23.7 Å². The number of primary amides is 1. The fourth-order valence-corrected chi connectivity index (χ4v) is 3.81. The molecule has 1 aliphatic carbocycles. The van der Waals surface area contributed by atoms with E-state index in [1.165, 1.54) is 10.6 Å². The van der Waals surface area contributed by atoms with Crippen LogP contribution in [0.2, 0.25) is 0 Å². The number of amides is 3. The molecule has 3 rings (SSSR count). The van der Waals surface area contributed by atoms with Crippen molar-refractivity contribution in [1.82, 2.24) is 15.2 Å². The number of pyridine rings is 1. The van der Waals surface area contributed by atoms with Gasteiger partial charge in [-0.05, 0) is 43.2 Å². The van der Waals surface area contributed by atoms with Crippen molar-refractivity contribution >= 4 is 17.7 Å². The van der Waals surface area contributed by atoms with Crippen LogP contribution in [0.3, 0.4) is 0 Å². The molecule has 0 saturated heterocycles. The average molecular weight is 426 g/mol. The van der Waals surface area contributed by atoms with Crippen molar-refractivity contribution in [3.8, 4) is 5.69 Å². The third-order valence-corrected chi connectivity index (χ3v) is 5.45. The Morgan fingerprint density at radius 3 is 2.52 bits per heavy atom. The third kappa shape index (κ3) is 5.37. The van der Waals surface area contributed by atoms with Crippen molar-refractivity contribution in [2.75, 3.05) is 20.3 Å². The Morgan fingerprint density at radius 2 is 1.87 bits per heavy atom. The number of hydrogen-bond donors (Lipinski definition) is 3. The minimum Gasteiger partial charge on any atom is -0.383 e. The highest BCUT2D eigenvalue weighted by Crippen LogP contribution is 2.31. The van der Waals surface area contributed by atoms with Crippen LogP contribution in [0.1, 0.15) is 23.2 Å². The van der Waals surface area contributed by atoms with Crippen LogP contribution < -0.4 is 21.9 Å². The summed E-state index contributed by atoms with van der Waals surface area (Å²) >= 11 is 0. The molecule has 4 N–H and O–H groups in total. The lowest BCUT2D eigenvalue weighted by Crippen LogP contribution is -2.42. The predicted molar refractivity (Wildman–Crippen MR) is 114 cm³/mol. The number of carbonyl (C=O) groups excluding carboxylic acids is 3. The monoisotopic (exact) mass is 426 g/mol. The molecule has 1 fully saturated rings. The Balaban J connectivity index is 1.66. The first-order valence-electron chi connectivity index (χ1n) is 10.1. The number of carbonyl (C=O) groups is 3. The van der Waals surface area contributed by atoms with E-state index in [9.17, 15) is 19.2 Å². The summed E-state index contributed by atoms with van der Waals surface area (Å²) in [6.07, 6.45) is 2.26. The molecule has 1 heterocycles. The van der Waals surface area contributed by atoms with E-state index < -0.39 is 23.8 Å². The number of aromatic nitrogens is 1. The van der Waals surface area contributed by atoms with Crippen molar-refractivity contribution in [2.45, 2.75) is 18.9 Å². The summed E-state index contributed by atoms with van der Waals surface area (Å²) in [5.74, 6) is -2.13. The maximum atomic E-state index is 12.7. The Bertz CT molecular complexity index is 1000. The summed E-state index contributed by atoms with van der Waals surface area (Å²) in [5.41, 5.74) is 6.34. The topological polar surface area (TPSA) is 133 Å². The van der Waals surface area contributed by atoms with Gasteiger partial charge in [-0.25, -0.2) is 0 Å². The summed E-state index contributed by atoms with van der Waals surface area (Å²) < 4.78 is 6.38. The number of nitrogens with one attached hydrogen (secondary N) is 2. The summed E-state index contributed by atoms with van der Waals surface area (Å²) in [6.45, 7) is 0.768. The van der Waals surface area contributed by atoms with Gasteiger partial charge < -0.3 is 21.1 Å². The summed E-state index contributed by atoms with van der Waals surface area (Å²) in [5, 5.41) is 5.60. The molecule has 0 bridgehead atoms. The Kier molecular flexibility index (Phi) is 7.19. The molecule has 164 valence electrons. The van der Waals surface area contributed by atoms with E-state index in [1.807, 2.05) is 0 Å². The molecule has 1 aliphatic rings. The second kappa shape index (κ2) is 10.0. The van der Waals surface area contributed by atoms with Crippen molar-refractivity contribution in [1.29, 1.82) is 0 Å². The number of ether oxygens (including phenoxy) is 1. The number of nitrogens with two attached hydrogens (primary N) is 1. The SMILES string of the molecule is COCCNC(=O)C1CC(NC(=O)c2ccc(-n3ccccc3=O)cc2)C(C(N)=O)C1. The van der Waals surface area contributed by atoms with Crippen LogP contribution in [0.15, 0.2) is 53.5 Å². The fraction of sp³-hybridized carbons (Fsp3) is 0.364. The van der Waals surface area contributed by atoms with Crippen LogP contribution in [0.25, 0.3) is 5.69 Å². The number of methoxy groups -OCH3 is 1. The lowest BCUT2D eigenvalue weighted by atomic mass is 10.0. The van der Waals surface area contributed by atoms with Gasteiger partial charge >= 0.3 is 0 Å². The number of nitrogens with zero attached hydrogens (tertiary/aromatic N) is 1. The molecule has 9 heteroatoms. The number of hydrogen-bond acceptors (Lipinski definition) is 5. The minimum absolute atomic E-state index is 0.176. The molecular weight excluding hydrogens is 400 g/mol. The van der Waals surface area contributed by atoms with Gasteiger partial charge in [0, 0.05) is 49.1 Å². The van der Waals surface area contributed by atoms with Crippen LogP contribution in [0.5, 0.6) is 0 Å².